The first-order chi connectivity index (χ1) is 12.2. The SMILES string of the molecule is [C-]#[N+]c1ccc(-c2ccc3nc([C@H](N)c4ccccc4)[nH]c3c2)cc1. The van der Waals surface area contributed by atoms with Gasteiger partial charge in [-0.25, -0.2) is 9.83 Å². The van der Waals surface area contributed by atoms with Gasteiger partial charge >= 0.3 is 0 Å². The summed E-state index contributed by atoms with van der Waals surface area (Å²) in [5.74, 6) is 0.752. The molecule has 0 saturated heterocycles. The average Bonchev–Trinajstić information content (AvgIpc) is 3.11. The summed E-state index contributed by atoms with van der Waals surface area (Å²) in [7, 11) is 0. The van der Waals surface area contributed by atoms with E-state index in [-0.39, 0.29) is 6.04 Å². The fourth-order valence-electron chi connectivity index (χ4n) is 2.90. The Hall–Kier alpha value is -3.42. The van der Waals surface area contributed by atoms with Crippen molar-refractivity contribution in [3.8, 4) is 11.1 Å². The Balaban J connectivity index is 1.71. The normalized spacial score (nSPS) is 12.0. The number of nitrogens with zero attached hydrogens (tertiary/aromatic N) is 2. The molecule has 0 radical (unpaired) electrons. The Morgan fingerprint density at radius 1 is 0.920 bits per heavy atom. The molecule has 0 aliphatic heterocycles. The maximum absolute atomic E-state index is 7.04. The van der Waals surface area contributed by atoms with Gasteiger partial charge in [0.25, 0.3) is 0 Å². The van der Waals surface area contributed by atoms with E-state index in [0.29, 0.717) is 5.69 Å². The fourth-order valence-corrected chi connectivity index (χ4v) is 2.90. The van der Waals surface area contributed by atoms with Crippen LogP contribution in [0, 0.1) is 6.57 Å². The van der Waals surface area contributed by atoms with Crippen LogP contribution in [0.15, 0.2) is 72.8 Å². The highest BCUT2D eigenvalue weighted by atomic mass is 15.0. The van der Waals surface area contributed by atoms with Gasteiger partial charge in [0.2, 0.25) is 0 Å². The molecule has 0 fully saturated rings. The highest BCUT2D eigenvalue weighted by Crippen LogP contribution is 2.27. The van der Waals surface area contributed by atoms with Crippen LogP contribution in [0.25, 0.3) is 27.0 Å². The van der Waals surface area contributed by atoms with Crippen LogP contribution >= 0.6 is 0 Å². The predicted octanol–water partition coefficient (Wildman–Crippen LogP) is 4.83. The molecule has 4 rings (SSSR count). The van der Waals surface area contributed by atoms with E-state index in [1.54, 1.807) is 0 Å². The molecule has 0 bridgehead atoms. The van der Waals surface area contributed by atoms with Crippen LogP contribution in [0.4, 0.5) is 5.69 Å². The molecule has 0 aliphatic rings. The molecular weight excluding hydrogens is 308 g/mol. The molecule has 25 heavy (non-hydrogen) atoms. The summed E-state index contributed by atoms with van der Waals surface area (Å²) in [6.07, 6.45) is 0. The van der Waals surface area contributed by atoms with Crippen LogP contribution in [0.5, 0.6) is 0 Å². The van der Waals surface area contributed by atoms with E-state index in [2.05, 4.69) is 20.9 Å². The molecule has 4 aromatic rings. The number of benzene rings is 3. The van der Waals surface area contributed by atoms with E-state index in [4.69, 9.17) is 12.3 Å². The summed E-state index contributed by atoms with van der Waals surface area (Å²) in [5, 5.41) is 0. The average molecular weight is 324 g/mol. The second-order valence-corrected chi connectivity index (χ2v) is 5.90. The molecule has 3 N–H and O–H groups in total. The van der Waals surface area contributed by atoms with Gasteiger partial charge in [-0.3, -0.25) is 0 Å². The first kappa shape index (κ1) is 15.1. The molecule has 0 spiro atoms. The molecule has 0 aliphatic carbocycles. The van der Waals surface area contributed by atoms with Crippen LogP contribution in [0.2, 0.25) is 0 Å². The number of hydrogen-bond donors (Lipinski definition) is 2. The smallest absolute Gasteiger partial charge is 0.187 e. The molecular formula is C21H16N4. The maximum Gasteiger partial charge on any atom is 0.187 e. The molecule has 0 unspecified atom stereocenters. The van der Waals surface area contributed by atoms with Gasteiger partial charge in [-0.1, -0.05) is 60.7 Å². The zero-order chi connectivity index (χ0) is 17.2. The molecule has 0 amide bonds. The first-order valence-electron chi connectivity index (χ1n) is 8.03. The van der Waals surface area contributed by atoms with Crippen molar-refractivity contribution in [3.63, 3.8) is 0 Å². The van der Waals surface area contributed by atoms with Crippen molar-refractivity contribution in [1.29, 1.82) is 0 Å². The lowest BCUT2D eigenvalue weighted by Crippen LogP contribution is -2.13. The molecule has 1 aromatic heterocycles. The Bertz CT molecular complexity index is 1060. The van der Waals surface area contributed by atoms with Gasteiger partial charge in [0.1, 0.15) is 5.82 Å². The summed E-state index contributed by atoms with van der Waals surface area (Å²) < 4.78 is 0. The van der Waals surface area contributed by atoms with Gasteiger partial charge in [-0.2, -0.15) is 0 Å². The van der Waals surface area contributed by atoms with Crippen LogP contribution in [0.1, 0.15) is 17.4 Å². The number of nitrogens with one attached hydrogen (secondary N) is 1. The highest BCUT2D eigenvalue weighted by molar-refractivity contribution is 5.82. The molecule has 4 nitrogen and oxygen atoms in total. The van der Waals surface area contributed by atoms with E-state index in [1.165, 1.54) is 0 Å². The van der Waals surface area contributed by atoms with Gasteiger partial charge in [-0.05, 0) is 28.8 Å². The number of aromatic amines is 1. The zero-order valence-electron chi connectivity index (χ0n) is 13.5. The van der Waals surface area contributed by atoms with Crippen LogP contribution in [-0.2, 0) is 0 Å². The van der Waals surface area contributed by atoms with E-state index >= 15 is 0 Å². The number of fused-ring (bicyclic) bond motifs is 1. The summed E-state index contributed by atoms with van der Waals surface area (Å²) >= 11 is 0. The minimum atomic E-state index is -0.282. The molecule has 1 atom stereocenters. The number of H-pyrrole nitrogens is 1. The topological polar surface area (TPSA) is 59.1 Å². The van der Waals surface area contributed by atoms with Crippen molar-refractivity contribution in [2.45, 2.75) is 6.04 Å². The fraction of sp³-hybridized carbons (Fsp3) is 0.0476. The Kier molecular flexibility index (Phi) is 3.77. The number of aromatic nitrogens is 2. The zero-order valence-corrected chi connectivity index (χ0v) is 13.5. The number of imidazole rings is 1. The van der Waals surface area contributed by atoms with Crippen molar-refractivity contribution in [2.24, 2.45) is 5.73 Å². The summed E-state index contributed by atoms with van der Waals surface area (Å²) in [6.45, 7) is 7.04. The summed E-state index contributed by atoms with van der Waals surface area (Å²) in [4.78, 5) is 11.4. The van der Waals surface area contributed by atoms with Crippen molar-refractivity contribution in [1.82, 2.24) is 9.97 Å². The Morgan fingerprint density at radius 3 is 2.36 bits per heavy atom. The van der Waals surface area contributed by atoms with Gasteiger partial charge in [0, 0.05) is 0 Å². The third kappa shape index (κ3) is 2.89. The van der Waals surface area contributed by atoms with E-state index < -0.39 is 0 Å². The Morgan fingerprint density at radius 2 is 1.64 bits per heavy atom. The minimum Gasteiger partial charge on any atom is -0.340 e. The molecule has 3 aromatic carbocycles. The van der Waals surface area contributed by atoms with Gasteiger partial charge < -0.3 is 10.7 Å². The second-order valence-electron chi connectivity index (χ2n) is 5.90. The summed E-state index contributed by atoms with van der Waals surface area (Å²) in [6, 6.07) is 23.3. The quantitative estimate of drug-likeness (QED) is 0.530. The van der Waals surface area contributed by atoms with E-state index in [0.717, 1.165) is 33.5 Å². The maximum atomic E-state index is 7.04. The number of rotatable bonds is 3. The van der Waals surface area contributed by atoms with Crippen molar-refractivity contribution in [2.75, 3.05) is 0 Å². The van der Waals surface area contributed by atoms with Gasteiger partial charge in [-0.15, -0.1) is 0 Å². The minimum absolute atomic E-state index is 0.282. The third-order valence-corrected chi connectivity index (χ3v) is 4.28. The van der Waals surface area contributed by atoms with E-state index in [1.807, 2.05) is 66.7 Å². The van der Waals surface area contributed by atoms with Crippen molar-refractivity contribution in [3.05, 3.63) is 95.6 Å². The predicted molar refractivity (Wildman–Crippen MR) is 100 cm³/mol. The lowest BCUT2D eigenvalue weighted by Gasteiger charge is -2.08. The molecule has 4 heteroatoms. The van der Waals surface area contributed by atoms with Crippen LogP contribution < -0.4 is 5.73 Å². The van der Waals surface area contributed by atoms with Crippen LogP contribution in [0.3, 0.4) is 0 Å². The standard InChI is InChI=1S/C21H16N4/c1-23-17-10-7-14(8-11-17)16-9-12-18-19(13-16)25-21(24-18)20(22)15-5-3-2-4-6-15/h2-13,20H,22H2,(H,24,25)/t20-/m1/s1. The monoisotopic (exact) mass is 324 g/mol. The molecule has 120 valence electrons. The lowest BCUT2D eigenvalue weighted by atomic mass is 10.0. The number of nitrogens with two attached hydrogens (primary N) is 1. The van der Waals surface area contributed by atoms with Crippen LogP contribution in [-0.4, -0.2) is 9.97 Å². The summed E-state index contributed by atoms with van der Waals surface area (Å²) in [5.41, 5.74) is 12.0. The van der Waals surface area contributed by atoms with Gasteiger partial charge in [0.15, 0.2) is 5.69 Å². The Labute approximate surface area is 145 Å². The van der Waals surface area contributed by atoms with Crippen molar-refractivity contribution >= 4 is 16.7 Å². The largest absolute Gasteiger partial charge is 0.340 e. The number of hydrogen-bond acceptors (Lipinski definition) is 2. The van der Waals surface area contributed by atoms with E-state index in [9.17, 15) is 0 Å². The molecule has 1 heterocycles. The second kappa shape index (κ2) is 6.23. The van der Waals surface area contributed by atoms with Gasteiger partial charge in [0.05, 0.1) is 23.6 Å². The highest BCUT2D eigenvalue weighted by Gasteiger charge is 2.13. The first-order valence-corrected chi connectivity index (χ1v) is 8.03. The third-order valence-electron chi connectivity index (χ3n) is 4.28. The van der Waals surface area contributed by atoms with Crippen molar-refractivity contribution < 1.29 is 0 Å². The lowest BCUT2D eigenvalue weighted by molar-refractivity contribution is 0.806. The molecule has 0 saturated carbocycles.